The van der Waals surface area contributed by atoms with Crippen molar-refractivity contribution in [3.8, 4) is 5.88 Å². The van der Waals surface area contributed by atoms with Crippen molar-refractivity contribution in [1.29, 1.82) is 0 Å². The molecule has 0 saturated carbocycles. The number of hydrogen-bond donors (Lipinski definition) is 0. The molecule has 2 rings (SSSR count). The molecule has 1 unspecified atom stereocenters. The van der Waals surface area contributed by atoms with E-state index in [1.807, 2.05) is 23.6 Å². The predicted octanol–water partition coefficient (Wildman–Crippen LogP) is 2.50. The van der Waals surface area contributed by atoms with Gasteiger partial charge in [-0.2, -0.15) is 0 Å². The van der Waals surface area contributed by atoms with Gasteiger partial charge in [-0.15, -0.1) is 0 Å². The van der Waals surface area contributed by atoms with E-state index in [-0.39, 0.29) is 5.78 Å². The molecule has 0 radical (unpaired) electrons. The fourth-order valence-corrected chi connectivity index (χ4v) is 2.31. The van der Waals surface area contributed by atoms with E-state index in [9.17, 15) is 9.59 Å². The second-order valence-corrected chi connectivity index (χ2v) is 4.86. The summed E-state index contributed by atoms with van der Waals surface area (Å²) >= 11 is 0. The van der Waals surface area contributed by atoms with Crippen molar-refractivity contribution in [2.24, 2.45) is 5.92 Å². The van der Waals surface area contributed by atoms with Gasteiger partial charge in [0.1, 0.15) is 5.92 Å². The number of pyridine rings is 1. The lowest BCUT2D eigenvalue weighted by atomic mass is 9.99. The summed E-state index contributed by atoms with van der Waals surface area (Å²) in [6.45, 7) is 3.60. The van der Waals surface area contributed by atoms with Gasteiger partial charge in [0.25, 0.3) is 0 Å². The van der Waals surface area contributed by atoms with Crippen LogP contribution in [0.4, 0.5) is 0 Å². The molecule has 2 aromatic rings. The van der Waals surface area contributed by atoms with Crippen LogP contribution in [-0.2, 0) is 16.0 Å². The monoisotopic (exact) mass is 289 g/mol. The third kappa shape index (κ3) is 2.63. The van der Waals surface area contributed by atoms with Crippen molar-refractivity contribution >= 4 is 17.3 Å². The van der Waals surface area contributed by atoms with E-state index in [0.29, 0.717) is 11.4 Å². The Balaban J connectivity index is 2.56. The minimum Gasteiger partial charge on any atom is -0.482 e. The molecule has 0 saturated heterocycles. The second-order valence-electron chi connectivity index (χ2n) is 4.86. The molecule has 5 nitrogen and oxygen atoms in total. The van der Waals surface area contributed by atoms with Gasteiger partial charge in [-0.1, -0.05) is 6.92 Å². The molecule has 0 aromatic carbocycles. The fraction of sp³-hybridized carbons (Fsp3) is 0.375. The summed E-state index contributed by atoms with van der Waals surface area (Å²) in [6, 6.07) is 5.36. The average molecular weight is 289 g/mol. The number of methoxy groups -OCH3 is 2. The molecule has 0 bridgehead atoms. The maximum Gasteiger partial charge on any atom is 0.316 e. The lowest BCUT2D eigenvalue weighted by molar-refractivity contribution is -0.143. The molecule has 1 atom stereocenters. The first-order valence-electron chi connectivity index (χ1n) is 6.83. The van der Waals surface area contributed by atoms with Gasteiger partial charge in [0.15, 0.2) is 11.7 Å². The van der Waals surface area contributed by atoms with Crippen molar-refractivity contribution < 1.29 is 19.1 Å². The first-order chi connectivity index (χ1) is 10.0. The Morgan fingerprint density at radius 1 is 1.29 bits per heavy atom. The SMILES string of the molecule is CCc1cc2c(C(=O)C(C)C(=O)OC)ccc(OC)n2c1. The molecular formula is C16H19NO4. The van der Waals surface area contributed by atoms with E-state index >= 15 is 0 Å². The van der Waals surface area contributed by atoms with Crippen molar-refractivity contribution in [3.63, 3.8) is 0 Å². The molecule has 112 valence electrons. The summed E-state index contributed by atoms with van der Waals surface area (Å²) < 4.78 is 11.8. The Morgan fingerprint density at radius 2 is 2.00 bits per heavy atom. The van der Waals surface area contributed by atoms with E-state index in [0.717, 1.165) is 17.5 Å². The first kappa shape index (κ1) is 15.1. The van der Waals surface area contributed by atoms with Gasteiger partial charge in [0, 0.05) is 11.8 Å². The Bertz CT molecular complexity index is 687. The maximum absolute atomic E-state index is 12.5. The van der Waals surface area contributed by atoms with Crippen LogP contribution in [0.5, 0.6) is 5.88 Å². The van der Waals surface area contributed by atoms with Crippen LogP contribution in [-0.4, -0.2) is 30.4 Å². The van der Waals surface area contributed by atoms with Crippen LogP contribution in [0.2, 0.25) is 0 Å². The van der Waals surface area contributed by atoms with Crippen LogP contribution in [0, 0.1) is 5.92 Å². The lowest BCUT2D eigenvalue weighted by Gasteiger charge is -2.11. The third-order valence-electron chi connectivity index (χ3n) is 3.61. The normalized spacial score (nSPS) is 12.2. The van der Waals surface area contributed by atoms with Crippen LogP contribution in [0.25, 0.3) is 5.52 Å². The zero-order valence-corrected chi connectivity index (χ0v) is 12.7. The highest BCUT2D eigenvalue weighted by Gasteiger charge is 2.25. The molecule has 0 aliphatic rings. The number of rotatable bonds is 5. The molecule has 0 spiro atoms. The van der Waals surface area contributed by atoms with Gasteiger partial charge in [0.2, 0.25) is 0 Å². The number of hydrogen-bond acceptors (Lipinski definition) is 4. The maximum atomic E-state index is 12.5. The van der Waals surface area contributed by atoms with Gasteiger partial charge in [0.05, 0.1) is 19.7 Å². The van der Waals surface area contributed by atoms with Crippen molar-refractivity contribution in [2.75, 3.05) is 14.2 Å². The standard InChI is InChI=1S/C16H19NO4/c1-5-11-8-13-12(15(18)10(2)16(19)21-4)6-7-14(20-3)17(13)9-11/h6-10H,5H2,1-4H3. The van der Waals surface area contributed by atoms with Crippen molar-refractivity contribution in [1.82, 2.24) is 4.40 Å². The molecule has 0 amide bonds. The predicted molar refractivity (Wildman–Crippen MR) is 78.8 cm³/mol. The van der Waals surface area contributed by atoms with Crippen LogP contribution < -0.4 is 4.74 Å². The minimum atomic E-state index is -0.827. The molecule has 2 aromatic heterocycles. The number of nitrogens with zero attached hydrogens (tertiary/aromatic N) is 1. The molecule has 0 fully saturated rings. The number of fused-ring (bicyclic) bond motifs is 1. The summed E-state index contributed by atoms with van der Waals surface area (Å²) in [5.41, 5.74) is 2.33. The third-order valence-corrected chi connectivity index (χ3v) is 3.61. The highest BCUT2D eigenvalue weighted by Crippen LogP contribution is 2.24. The summed E-state index contributed by atoms with van der Waals surface area (Å²) in [5, 5.41) is 0. The zero-order valence-electron chi connectivity index (χ0n) is 12.7. The van der Waals surface area contributed by atoms with E-state index in [4.69, 9.17) is 4.74 Å². The number of esters is 1. The molecule has 5 heteroatoms. The smallest absolute Gasteiger partial charge is 0.316 e. The van der Waals surface area contributed by atoms with Crippen molar-refractivity contribution in [3.05, 3.63) is 35.5 Å². The van der Waals surface area contributed by atoms with Crippen LogP contribution in [0.3, 0.4) is 0 Å². The average Bonchev–Trinajstić information content (AvgIpc) is 2.95. The summed E-state index contributed by atoms with van der Waals surface area (Å²) in [6.07, 6.45) is 2.79. The van der Waals surface area contributed by atoms with Crippen molar-refractivity contribution in [2.45, 2.75) is 20.3 Å². The zero-order chi connectivity index (χ0) is 15.6. The second kappa shape index (κ2) is 5.99. The summed E-state index contributed by atoms with van der Waals surface area (Å²) in [5.74, 6) is -0.967. The fourth-order valence-electron chi connectivity index (χ4n) is 2.31. The van der Waals surface area contributed by atoms with E-state index in [1.165, 1.54) is 7.11 Å². The number of aryl methyl sites for hydroxylation is 1. The molecule has 0 aliphatic carbocycles. The van der Waals surface area contributed by atoms with Gasteiger partial charge in [-0.05, 0) is 37.1 Å². The Morgan fingerprint density at radius 3 is 2.57 bits per heavy atom. The largest absolute Gasteiger partial charge is 0.482 e. The summed E-state index contributed by atoms with van der Waals surface area (Å²) in [4.78, 5) is 24.1. The first-order valence-corrected chi connectivity index (χ1v) is 6.83. The van der Waals surface area contributed by atoms with Crippen LogP contribution >= 0.6 is 0 Å². The van der Waals surface area contributed by atoms with Gasteiger partial charge in [-0.3, -0.25) is 14.0 Å². The van der Waals surface area contributed by atoms with Gasteiger partial charge >= 0.3 is 5.97 Å². The number of carbonyl (C=O) groups is 2. The van der Waals surface area contributed by atoms with Gasteiger partial charge < -0.3 is 9.47 Å². The number of Topliss-reactive ketones (excluding diaryl/α,β-unsaturated/α-hetero) is 1. The van der Waals surface area contributed by atoms with Crippen LogP contribution in [0.1, 0.15) is 29.8 Å². The van der Waals surface area contributed by atoms with E-state index in [1.54, 1.807) is 26.2 Å². The highest BCUT2D eigenvalue weighted by atomic mass is 16.5. The lowest BCUT2D eigenvalue weighted by Crippen LogP contribution is -2.22. The number of aromatic nitrogens is 1. The molecule has 0 N–H and O–H groups in total. The Labute approximate surface area is 123 Å². The summed E-state index contributed by atoms with van der Waals surface area (Å²) in [7, 11) is 2.86. The molecule has 2 heterocycles. The quantitative estimate of drug-likeness (QED) is 0.482. The Kier molecular flexibility index (Phi) is 4.31. The molecule has 21 heavy (non-hydrogen) atoms. The van der Waals surface area contributed by atoms with Crippen LogP contribution in [0.15, 0.2) is 24.4 Å². The topological polar surface area (TPSA) is 57.0 Å². The number of ether oxygens (including phenoxy) is 2. The Hall–Kier alpha value is -2.30. The number of ketones is 1. The number of carbonyl (C=O) groups excluding carboxylic acids is 2. The highest BCUT2D eigenvalue weighted by molar-refractivity contribution is 6.12. The van der Waals surface area contributed by atoms with Gasteiger partial charge in [-0.25, -0.2) is 0 Å². The molecule has 0 aliphatic heterocycles. The van der Waals surface area contributed by atoms with E-state index < -0.39 is 11.9 Å². The van der Waals surface area contributed by atoms with E-state index in [2.05, 4.69) is 4.74 Å². The minimum absolute atomic E-state index is 0.254. The molecular weight excluding hydrogens is 270 g/mol.